The van der Waals surface area contributed by atoms with Crippen LogP contribution in [0, 0.1) is 13.8 Å². The lowest BCUT2D eigenvalue weighted by atomic mass is 9.83. The number of nitrogens with one attached hydrogen (secondary N) is 2. The Morgan fingerprint density at radius 3 is 2.61 bits per heavy atom. The summed E-state index contributed by atoms with van der Waals surface area (Å²) < 4.78 is 0.655. The van der Waals surface area contributed by atoms with Gasteiger partial charge in [0.05, 0.1) is 11.2 Å². The number of hydrogen-bond acceptors (Lipinski definition) is 7. The summed E-state index contributed by atoms with van der Waals surface area (Å²) in [4.78, 5) is 26.5. The number of hydrogen-bond donors (Lipinski definition) is 2. The van der Waals surface area contributed by atoms with Crippen LogP contribution in [0.1, 0.15) is 41.7 Å². The molecule has 31 heavy (non-hydrogen) atoms. The van der Waals surface area contributed by atoms with E-state index in [1.807, 2.05) is 49.6 Å². The minimum absolute atomic E-state index is 0.00682. The Hall–Kier alpha value is -2.23. The van der Waals surface area contributed by atoms with Crippen LogP contribution in [0.25, 0.3) is 0 Å². The van der Waals surface area contributed by atoms with E-state index in [0.717, 1.165) is 41.8 Å². The van der Waals surface area contributed by atoms with Crippen molar-refractivity contribution in [2.45, 2.75) is 49.3 Å². The number of aryl methyl sites for hydroxylation is 2. The fraction of sp³-hybridized carbons (Fsp3) is 0.364. The van der Waals surface area contributed by atoms with Gasteiger partial charge >= 0.3 is 0 Å². The monoisotopic (exact) mass is 472 g/mol. The van der Waals surface area contributed by atoms with Gasteiger partial charge in [0.2, 0.25) is 16.9 Å². The minimum Gasteiger partial charge on any atom is -0.325 e. The maximum Gasteiger partial charge on any atom is 0.237 e. The Kier molecular flexibility index (Phi) is 6.74. The summed E-state index contributed by atoms with van der Waals surface area (Å²) in [6.45, 7) is 4.06. The average molecular weight is 473 g/mol. The molecule has 0 atom stereocenters. The number of thiophene rings is 1. The average Bonchev–Trinajstić information content (AvgIpc) is 3.51. The number of amides is 2. The highest BCUT2D eigenvalue weighted by Crippen LogP contribution is 2.44. The minimum atomic E-state index is -0.459. The van der Waals surface area contributed by atoms with Gasteiger partial charge in [-0.2, -0.15) is 0 Å². The molecule has 2 heterocycles. The molecule has 1 aliphatic carbocycles. The second-order valence-corrected chi connectivity index (χ2v) is 10.9. The second kappa shape index (κ2) is 9.50. The summed E-state index contributed by atoms with van der Waals surface area (Å²) >= 11 is 4.25. The van der Waals surface area contributed by atoms with E-state index in [2.05, 4.69) is 20.8 Å². The molecule has 4 rings (SSSR count). The van der Waals surface area contributed by atoms with Crippen molar-refractivity contribution >= 4 is 57.1 Å². The molecule has 0 unspecified atom stereocenters. The van der Waals surface area contributed by atoms with Gasteiger partial charge in [0, 0.05) is 10.6 Å². The van der Waals surface area contributed by atoms with Crippen molar-refractivity contribution in [2.75, 3.05) is 16.4 Å². The lowest BCUT2D eigenvalue weighted by molar-refractivity contribution is -0.121. The normalized spacial score (nSPS) is 15.0. The zero-order valence-corrected chi connectivity index (χ0v) is 19.9. The van der Waals surface area contributed by atoms with Crippen molar-refractivity contribution in [2.24, 2.45) is 0 Å². The zero-order valence-electron chi connectivity index (χ0n) is 17.4. The first-order chi connectivity index (χ1) is 15.0. The Morgan fingerprint density at radius 2 is 1.90 bits per heavy atom. The summed E-state index contributed by atoms with van der Waals surface area (Å²) in [5.74, 6) is 0.124. The van der Waals surface area contributed by atoms with E-state index in [0.29, 0.717) is 9.47 Å². The highest BCUT2D eigenvalue weighted by molar-refractivity contribution is 8.01. The molecule has 2 amide bonds. The second-order valence-electron chi connectivity index (χ2n) is 7.73. The number of nitrogens with zero attached hydrogens (tertiary/aromatic N) is 2. The summed E-state index contributed by atoms with van der Waals surface area (Å²) in [7, 11) is 0. The van der Waals surface area contributed by atoms with Crippen molar-refractivity contribution in [1.29, 1.82) is 0 Å². The summed E-state index contributed by atoms with van der Waals surface area (Å²) in [6, 6.07) is 9.89. The fourth-order valence-corrected chi connectivity index (χ4v) is 6.32. The van der Waals surface area contributed by atoms with E-state index >= 15 is 0 Å². The molecule has 6 nitrogen and oxygen atoms in total. The van der Waals surface area contributed by atoms with Crippen LogP contribution in [0.3, 0.4) is 0 Å². The van der Waals surface area contributed by atoms with Crippen LogP contribution >= 0.6 is 34.4 Å². The number of rotatable bonds is 7. The maximum absolute atomic E-state index is 13.1. The molecule has 2 aromatic heterocycles. The van der Waals surface area contributed by atoms with Gasteiger partial charge < -0.3 is 5.32 Å². The van der Waals surface area contributed by atoms with Crippen LogP contribution in [0.2, 0.25) is 0 Å². The van der Waals surface area contributed by atoms with Crippen molar-refractivity contribution < 1.29 is 9.59 Å². The van der Waals surface area contributed by atoms with Crippen LogP contribution < -0.4 is 10.6 Å². The predicted octanol–water partition coefficient (Wildman–Crippen LogP) is 5.40. The van der Waals surface area contributed by atoms with Gasteiger partial charge in [0.25, 0.3) is 0 Å². The smallest absolute Gasteiger partial charge is 0.237 e. The van der Waals surface area contributed by atoms with Crippen LogP contribution in [-0.2, 0) is 15.0 Å². The Morgan fingerprint density at radius 1 is 1.10 bits per heavy atom. The Balaban J connectivity index is 1.33. The van der Waals surface area contributed by atoms with Gasteiger partial charge in [-0.3, -0.25) is 14.9 Å². The van der Waals surface area contributed by atoms with Gasteiger partial charge in [0.15, 0.2) is 4.34 Å². The van der Waals surface area contributed by atoms with E-state index in [1.54, 1.807) is 11.3 Å². The zero-order chi connectivity index (χ0) is 21.8. The lowest BCUT2D eigenvalue weighted by Gasteiger charge is -2.25. The third-order valence-corrected chi connectivity index (χ3v) is 8.67. The van der Waals surface area contributed by atoms with Crippen LogP contribution in [-0.4, -0.2) is 27.8 Å². The first kappa shape index (κ1) is 22.0. The lowest BCUT2D eigenvalue weighted by Crippen LogP contribution is -2.37. The number of thioether (sulfide) groups is 1. The molecule has 0 saturated heterocycles. The van der Waals surface area contributed by atoms with Gasteiger partial charge in [-0.05, 0) is 61.4 Å². The topological polar surface area (TPSA) is 84.0 Å². The van der Waals surface area contributed by atoms with E-state index in [4.69, 9.17) is 0 Å². The highest BCUT2D eigenvalue weighted by Gasteiger charge is 2.43. The van der Waals surface area contributed by atoms with Gasteiger partial charge in [-0.15, -0.1) is 21.5 Å². The molecular weight excluding hydrogens is 448 g/mol. The molecule has 1 aromatic carbocycles. The van der Waals surface area contributed by atoms with Crippen LogP contribution in [0.5, 0.6) is 0 Å². The maximum atomic E-state index is 13.1. The van der Waals surface area contributed by atoms with E-state index in [9.17, 15) is 9.59 Å². The summed E-state index contributed by atoms with van der Waals surface area (Å²) in [6.07, 6.45) is 3.83. The third-order valence-electron chi connectivity index (χ3n) is 5.63. The molecule has 0 bridgehead atoms. The molecule has 0 spiro atoms. The van der Waals surface area contributed by atoms with Crippen molar-refractivity contribution in [1.82, 2.24) is 10.2 Å². The third kappa shape index (κ3) is 4.99. The van der Waals surface area contributed by atoms with Crippen molar-refractivity contribution in [3.05, 3.63) is 51.7 Å². The van der Waals surface area contributed by atoms with Crippen LogP contribution in [0.4, 0.5) is 10.8 Å². The predicted molar refractivity (Wildman–Crippen MR) is 128 cm³/mol. The standard InChI is InChI=1S/C22H24N4O2S3/c1-14-7-8-16(12-15(14)2)23-18(27)13-30-21-26-25-20(31-21)24-19(28)22(9-3-4-10-22)17-6-5-11-29-17/h5-8,11-12H,3-4,9-10,13H2,1-2H3,(H,23,27)(H,24,25,28). The highest BCUT2D eigenvalue weighted by atomic mass is 32.2. The number of carbonyl (C=O) groups excluding carboxylic acids is 2. The molecule has 0 aliphatic heterocycles. The first-order valence-electron chi connectivity index (χ1n) is 10.2. The number of benzene rings is 1. The van der Waals surface area contributed by atoms with Crippen LogP contribution in [0.15, 0.2) is 40.1 Å². The Bertz CT molecular complexity index is 1070. The Labute approximate surface area is 193 Å². The number of aromatic nitrogens is 2. The largest absolute Gasteiger partial charge is 0.325 e. The molecule has 9 heteroatoms. The van der Waals surface area contributed by atoms with E-state index in [1.165, 1.54) is 28.7 Å². The molecule has 1 aliphatic rings. The first-order valence-corrected chi connectivity index (χ1v) is 12.8. The van der Waals surface area contributed by atoms with Crippen molar-refractivity contribution in [3.8, 4) is 0 Å². The fourth-order valence-electron chi connectivity index (χ4n) is 3.79. The number of carbonyl (C=O) groups is 2. The molecule has 0 radical (unpaired) electrons. The van der Waals surface area contributed by atoms with Gasteiger partial charge in [0.1, 0.15) is 0 Å². The number of anilines is 2. The van der Waals surface area contributed by atoms with Crippen molar-refractivity contribution in [3.63, 3.8) is 0 Å². The summed E-state index contributed by atoms with van der Waals surface area (Å²) in [5.41, 5.74) is 2.65. The molecule has 1 saturated carbocycles. The van der Waals surface area contributed by atoms with Gasteiger partial charge in [-0.25, -0.2) is 0 Å². The molecule has 2 N–H and O–H groups in total. The van der Waals surface area contributed by atoms with Gasteiger partial charge in [-0.1, -0.05) is 48.1 Å². The molecular formula is C22H24N4O2S3. The molecule has 162 valence electrons. The van der Waals surface area contributed by atoms with E-state index < -0.39 is 5.41 Å². The molecule has 3 aromatic rings. The summed E-state index contributed by atoms with van der Waals surface area (Å²) in [5, 5.41) is 16.6. The SMILES string of the molecule is Cc1ccc(NC(=O)CSc2nnc(NC(=O)C3(c4cccs4)CCCC3)s2)cc1C. The quantitative estimate of drug-likeness (QED) is 0.355. The molecule has 1 fully saturated rings. The van der Waals surface area contributed by atoms with E-state index in [-0.39, 0.29) is 17.6 Å².